The van der Waals surface area contributed by atoms with Crippen LogP contribution < -0.4 is 18.9 Å². The van der Waals surface area contributed by atoms with E-state index in [-0.39, 0.29) is 74.0 Å². The zero-order valence-electron chi connectivity index (χ0n) is 76.6. The number of carbonyl (C=O) groups is 2. The Hall–Kier alpha value is -9.70. The fraction of sp³-hybridized carbons (Fsp3) is 0.368. The molecule has 12 aromatic rings. The van der Waals surface area contributed by atoms with E-state index >= 15 is 0 Å². The van der Waals surface area contributed by atoms with Crippen molar-refractivity contribution < 1.29 is 42.7 Å². The number of ether oxygens (including phenoxy) is 7. The molecule has 12 saturated carbocycles. The first kappa shape index (κ1) is 90.8. The lowest BCUT2D eigenvalue weighted by molar-refractivity contribution is -0.157. The highest BCUT2D eigenvalue weighted by molar-refractivity contribution is 7.98. The Morgan fingerprint density at radius 1 is 0.308 bits per heavy atom. The Morgan fingerprint density at radius 3 is 0.931 bits per heavy atom. The molecule has 12 aliphatic carbocycles. The highest BCUT2D eigenvalue weighted by Gasteiger charge is 2.56. The summed E-state index contributed by atoms with van der Waals surface area (Å²) in [5, 5.41) is 0. The van der Waals surface area contributed by atoms with Crippen LogP contribution in [-0.4, -0.2) is 56.4 Å². The van der Waals surface area contributed by atoms with Crippen molar-refractivity contribution in [2.45, 2.75) is 228 Å². The fourth-order valence-corrected chi connectivity index (χ4v) is 32.6. The predicted molar refractivity (Wildman–Crippen MR) is 527 cm³/mol. The number of benzene rings is 12. The fourth-order valence-electron chi connectivity index (χ4n) is 24.0. The lowest BCUT2D eigenvalue weighted by atomic mass is 9.45. The van der Waals surface area contributed by atoms with Gasteiger partial charge in [-0.15, -0.1) is 0 Å². The zero-order chi connectivity index (χ0) is 89.1. The summed E-state index contributed by atoms with van der Waals surface area (Å²) in [7, 11) is -0.643. The molecule has 0 N–H and O–H groups in total. The highest BCUT2D eigenvalue weighted by Crippen LogP contribution is 2.64. The molecule has 24 rings (SSSR count). The number of hydrogen-bond acceptors (Lipinski definition) is 9. The standard InChI is InChI=1S/C32H35O2S.C30H33O2S.C29H31O2S.C26H29O3S/c1-32(25-17-23-16-24(19-25)20-26(32)18-23)21-27(33)22-34-28-12-14-31(15-13-28)35(29-8-4-2-5-9-29)30-10-6-3-7-11-30;1-21-14-26(31-20-32-30-24-16-22-15-23(18-24)19-25(30)17-22)12-13-29(21)33(27-8-4-2-5-9-27)28-10-6-3-7-11-28;1-3-7-26(8-4-1)32(27-9-5-2-6-10-27)28-13-11-25(12-14-28)30-20-31-29-23-16-21-15-22(18-23)19-24(29)17-21;1-19-16-23(17-20(2)25(19)28-18-24(27)29-26(3,4)5)30(21-12-8-6-9-13-21)22-14-10-7-11-15-22/h2-15,23-26H,16-22H2,1H3;2-14,22-25,30H,15-20H2,1H3;1-14,21-24,29H,15-20H2;6-17H,18H2,1-5H3/q4*+1. The van der Waals surface area contributed by atoms with Crippen LogP contribution >= 0.6 is 0 Å². The van der Waals surface area contributed by atoms with Gasteiger partial charge in [0.05, 0.1) is 55.8 Å². The van der Waals surface area contributed by atoms with Crippen LogP contribution in [0, 0.1) is 97.2 Å². The van der Waals surface area contributed by atoms with E-state index in [0.717, 1.165) is 105 Å². The summed E-state index contributed by atoms with van der Waals surface area (Å²) >= 11 is 0. The third-order valence-electron chi connectivity index (χ3n) is 29.0. The molecule has 0 radical (unpaired) electrons. The largest absolute Gasteiger partial charge is 0.486 e. The number of rotatable bonds is 28. The highest BCUT2D eigenvalue weighted by atomic mass is 32.2. The molecule has 0 heterocycles. The van der Waals surface area contributed by atoms with Gasteiger partial charge in [0.2, 0.25) is 0 Å². The molecular formula is C117H128O9S4+4. The van der Waals surface area contributed by atoms with E-state index in [0.29, 0.717) is 32.2 Å². The van der Waals surface area contributed by atoms with Crippen LogP contribution in [0.3, 0.4) is 0 Å². The molecule has 0 saturated heterocycles. The minimum Gasteiger partial charge on any atom is -0.486 e. The maximum atomic E-state index is 13.0. The van der Waals surface area contributed by atoms with Crippen molar-refractivity contribution in [3.8, 4) is 23.0 Å². The van der Waals surface area contributed by atoms with Gasteiger partial charge in [-0.1, -0.05) is 153 Å². The molecule has 12 aromatic carbocycles. The molecule has 0 aromatic heterocycles. The summed E-state index contributed by atoms with van der Waals surface area (Å²) < 4.78 is 42.0. The normalized spacial score (nSPS) is 24.4. The lowest BCUT2D eigenvalue weighted by Crippen LogP contribution is -2.52. The van der Waals surface area contributed by atoms with Crippen LogP contribution in [-0.2, 0) is 67.4 Å². The van der Waals surface area contributed by atoms with Crippen LogP contribution in [0.2, 0.25) is 0 Å². The van der Waals surface area contributed by atoms with Gasteiger partial charge in [-0.25, -0.2) is 4.79 Å². The molecule has 12 bridgehead atoms. The zero-order valence-corrected chi connectivity index (χ0v) is 79.9. The van der Waals surface area contributed by atoms with Crippen molar-refractivity contribution in [1.82, 2.24) is 0 Å². The average Bonchev–Trinajstić information content (AvgIpc) is 0.730. The van der Waals surface area contributed by atoms with Crippen molar-refractivity contribution in [2.75, 3.05) is 26.8 Å². The van der Waals surface area contributed by atoms with Crippen LogP contribution in [0.15, 0.2) is 380 Å². The first-order valence-electron chi connectivity index (χ1n) is 47.7. The Labute approximate surface area is 784 Å². The summed E-state index contributed by atoms with van der Waals surface area (Å²) in [5.41, 5.74) is 2.96. The topological polar surface area (TPSA) is 98.8 Å². The summed E-state index contributed by atoms with van der Waals surface area (Å²) in [5.74, 6) is 13.6. The number of hydrogen-bond donors (Lipinski definition) is 0. The third kappa shape index (κ3) is 22.1. The molecule has 0 amide bonds. The van der Waals surface area contributed by atoms with E-state index in [4.69, 9.17) is 33.2 Å². The molecule has 0 spiro atoms. The molecule has 0 unspecified atom stereocenters. The van der Waals surface area contributed by atoms with Crippen LogP contribution in [0.1, 0.15) is 147 Å². The Morgan fingerprint density at radius 2 is 0.600 bits per heavy atom. The molecule has 9 nitrogen and oxygen atoms in total. The van der Waals surface area contributed by atoms with Gasteiger partial charge in [0.25, 0.3) is 0 Å². The minimum absolute atomic E-state index is 0.0959. The number of Topliss-reactive ketones (excluding diaryl/α,β-unsaturated/α-hetero) is 1. The van der Waals surface area contributed by atoms with E-state index in [1.54, 1.807) is 0 Å². The van der Waals surface area contributed by atoms with Crippen molar-refractivity contribution in [1.29, 1.82) is 0 Å². The van der Waals surface area contributed by atoms with Gasteiger partial charge in [0, 0.05) is 24.1 Å². The van der Waals surface area contributed by atoms with Crippen LogP contribution in [0.25, 0.3) is 0 Å². The van der Waals surface area contributed by atoms with Crippen LogP contribution in [0.4, 0.5) is 0 Å². The Bertz CT molecular complexity index is 5380. The van der Waals surface area contributed by atoms with E-state index in [2.05, 4.69) is 311 Å². The van der Waals surface area contributed by atoms with Crippen molar-refractivity contribution >= 4 is 55.3 Å². The van der Waals surface area contributed by atoms with Crippen molar-refractivity contribution in [2.24, 2.45) is 76.4 Å². The van der Waals surface area contributed by atoms with Gasteiger partial charge < -0.3 is 33.2 Å². The molecular weight excluding hydrogens is 1680 g/mol. The maximum absolute atomic E-state index is 13.0. The lowest BCUT2D eigenvalue weighted by Gasteiger charge is -2.60. The van der Waals surface area contributed by atoms with Gasteiger partial charge in [0.1, 0.15) is 35.2 Å². The van der Waals surface area contributed by atoms with Gasteiger partial charge in [-0.05, 0) is 389 Å². The van der Waals surface area contributed by atoms with Gasteiger partial charge in [-0.3, -0.25) is 4.79 Å². The molecule has 0 atom stereocenters. The number of carbonyl (C=O) groups excluding carboxylic acids is 2. The van der Waals surface area contributed by atoms with E-state index in [1.165, 1.54) is 161 Å². The first-order chi connectivity index (χ1) is 63.4. The molecule has 12 aliphatic rings. The second-order valence-corrected chi connectivity index (χ2v) is 47.4. The second-order valence-electron chi connectivity index (χ2n) is 39.3. The third-order valence-corrected chi connectivity index (χ3v) is 38.0. The average molecular weight is 1810 g/mol. The molecule has 130 heavy (non-hydrogen) atoms. The van der Waals surface area contributed by atoms with E-state index in [9.17, 15) is 9.59 Å². The van der Waals surface area contributed by atoms with Gasteiger partial charge in [-0.2, -0.15) is 0 Å². The molecule has 0 aliphatic heterocycles. The van der Waals surface area contributed by atoms with E-state index in [1.807, 2.05) is 58.9 Å². The van der Waals surface area contributed by atoms with Crippen molar-refractivity contribution in [3.05, 3.63) is 338 Å². The summed E-state index contributed by atoms with van der Waals surface area (Å²) in [4.78, 5) is 40.7. The maximum Gasteiger partial charge on any atom is 0.344 e. The molecule has 670 valence electrons. The SMILES string of the molecule is CC1(CC(=O)COc2ccc([S+](c3ccccc3)c3ccccc3)cc2)C2CC3CC(C2)CC1C3.Cc1cc(OCOC2C3CC4CC(C3)CC2C4)ccc1[S+](c1ccccc1)c1ccccc1.Cc1cc([S+](c2ccccc2)c2ccccc2)cc(C)c1OCC(=O)OC(C)(C)C.c1ccc([S+](c2ccccc2)c2ccc(OCOC3C4CC5CC(C4)CC3C5)cc2)cc1. The van der Waals surface area contributed by atoms with Crippen molar-refractivity contribution in [3.63, 3.8) is 0 Å². The number of ketones is 1. The van der Waals surface area contributed by atoms with Gasteiger partial charge >= 0.3 is 5.97 Å². The quantitative estimate of drug-likeness (QED) is 0.0270. The summed E-state index contributed by atoms with van der Waals surface area (Å²) in [6, 6.07) is 113. The monoisotopic (exact) mass is 1800 g/mol. The smallest absolute Gasteiger partial charge is 0.344 e. The summed E-state index contributed by atoms with van der Waals surface area (Å²) in [6.07, 6.45) is 22.4. The molecule has 12 fully saturated rings. The molecule has 13 heteroatoms. The van der Waals surface area contributed by atoms with Crippen LogP contribution in [0.5, 0.6) is 23.0 Å². The predicted octanol–water partition coefficient (Wildman–Crippen LogP) is 27.9. The van der Waals surface area contributed by atoms with Gasteiger partial charge in [0.15, 0.2) is 84.7 Å². The van der Waals surface area contributed by atoms with E-state index < -0.39 is 5.60 Å². The minimum atomic E-state index is -0.520. The Balaban J connectivity index is 0.000000117. The number of aryl methyl sites for hydroxylation is 3. The number of esters is 1. The first-order valence-corrected chi connectivity index (χ1v) is 52.6. The second kappa shape index (κ2) is 42.0. The Kier molecular flexibility index (Phi) is 29.4. The summed E-state index contributed by atoms with van der Waals surface area (Å²) in [6.45, 7) is 15.0.